The first kappa shape index (κ1) is 11.7. The first-order chi connectivity index (χ1) is 7.22. The van der Waals surface area contributed by atoms with Crippen molar-refractivity contribution >= 4 is 15.9 Å². The van der Waals surface area contributed by atoms with Crippen molar-refractivity contribution in [1.29, 1.82) is 0 Å². The van der Waals surface area contributed by atoms with Gasteiger partial charge >= 0.3 is 0 Å². The summed E-state index contributed by atoms with van der Waals surface area (Å²) in [5.74, 6) is 1.27. The third-order valence-corrected chi connectivity index (χ3v) is 2.32. The average Bonchev–Trinajstić information content (AvgIpc) is 2.26. The van der Waals surface area contributed by atoms with E-state index in [1.165, 1.54) is 0 Å². The lowest BCUT2D eigenvalue weighted by Crippen LogP contribution is -1.95. The lowest BCUT2D eigenvalue weighted by Gasteiger charge is -2.11. The van der Waals surface area contributed by atoms with E-state index in [0.717, 1.165) is 10.0 Å². The molecule has 0 spiro atoms. The number of nitrogens with zero attached hydrogens (tertiary/aromatic N) is 3. The van der Waals surface area contributed by atoms with E-state index in [-0.39, 0.29) is 6.54 Å². The highest BCUT2D eigenvalue weighted by atomic mass is 79.9. The van der Waals surface area contributed by atoms with Gasteiger partial charge in [0, 0.05) is 14.9 Å². The number of hydrogen-bond acceptors (Lipinski definition) is 3. The van der Waals surface area contributed by atoms with E-state index in [2.05, 4.69) is 26.0 Å². The predicted octanol–water partition coefficient (Wildman–Crippen LogP) is 3.28. The van der Waals surface area contributed by atoms with Crippen molar-refractivity contribution in [3.8, 4) is 11.5 Å². The van der Waals surface area contributed by atoms with Crippen molar-refractivity contribution in [2.75, 3.05) is 14.2 Å². The zero-order chi connectivity index (χ0) is 11.3. The van der Waals surface area contributed by atoms with Crippen LogP contribution in [0.4, 0.5) is 0 Å². The minimum absolute atomic E-state index is 0.204. The fourth-order valence-corrected chi connectivity index (χ4v) is 1.63. The molecule has 0 heterocycles. The van der Waals surface area contributed by atoms with Crippen LogP contribution in [0.25, 0.3) is 10.4 Å². The van der Waals surface area contributed by atoms with Gasteiger partial charge in [-0.05, 0) is 17.7 Å². The third kappa shape index (κ3) is 2.78. The van der Waals surface area contributed by atoms with Crippen molar-refractivity contribution < 1.29 is 9.47 Å². The second kappa shape index (κ2) is 5.48. The minimum Gasteiger partial charge on any atom is -0.496 e. The van der Waals surface area contributed by atoms with E-state index in [0.29, 0.717) is 11.5 Å². The lowest BCUT2D eigenvalue weighted by atomic mass is 10.2. The molecule has 0 atom stereocenters. The molecule has 0 saturated carbocycles. The molecule has 5 nitrogen and oxygen atoms in total. The molecule has 0 amide bonds. The molecular weight excluding hydrogens is 262 g/mol. The zero-order valence-corrected chi connectivity index (χ0v) is 9.98. The van der Waals surface area contributed by atoms with Crippen LogP contribution < -0.4 is 9.47 Å². The molecule has 0 aliphatic rings. The van der Waals surface area contributed by atoms with E-state index >= 15 is 0 Å². The Balaban J connectivity index is 3.23. The number of ether oxygens (including phenoxy) is 2. The van der Waals surface area contributed by atoms with Gasteiger partial charge in [0.15, 0.2) is 0 Å². The van der Waals surface area contributed by atoms with Gasteiger partial charge in [0.2, 0.25) is 0 Å². The van der Waals surface area contributed by atoms with Gasteiger partial charge in [-0.25, -0.2) is 0 Å². The average molecular weight is 272 g/mol. The molecule has 0 unspecified atom stereocenters. The number of azide groups is 1. The highest BCUT2D eigenvalue weighted by molar-refractivity contribution is 9.10. The van der Waals surface area contributed by atoms with Crippen LogP contribution in [-0.4, -0.2) is 14.2 Å². The van der Waals surface area contributed by atoms with Crippen LogP contribution in [0.2, 0.25) is 0 Å². The molecule has 6 heteroatoms. The van der Waals surface area contributed by atoms with Crippen molar-refractivity contribution in [3.63, 3.8) is 0 Å². The van der Waals surface area contributed by atoms with Crippen molar-refractivity contribution in [2.24, 2.45) is 5.11 Å². The Morgan fingerprint density at radius 1 is 1.33 bits per heavy atom. The van der Waals surface area contributed by atoms with Gasteiger partial charge in [0.05, 0.1) is 20.8 Å². The summed E-state index contributed by atoms with van der Waals surface area (Å²) in [5, 5.41) is 3.49. The SMILES string of the molecule is COc1cc(Br)cc(OC)c1CN=[N+]=[N-]. The van der Waals surface area contributed by atoms with Crippen LogP contribution in [0, 0.1) is 0 Å². The zero-order valence-electron chi connectivity index (χ0n) is 8.40. The standard InChI is InChI=1S/C9H10BrN3O2/c1-14-8-3-6(10)4-9(15-2)7(8)5-12-13-11/h3-4H,5H2,1-2H3. The molecule has 0 saturated heterocycles. The summed E-state index contributed by atoms with van der Waals surface area (Å²) < 4.78 is 11.2. The monoisotopic (exact) mass is 271 g/mol. The topological polar surface area (TPSA) is 67.2 Å². The molecule has 0 N–H and O–H groups in total. The number of benzene rings is 1. The molecular formula is C9H10BrN3O2. The Kier molecular flexibility index (Phi) is 4.27. The summed E-state index contributed by atoms with van der Waals surface area (Å²) in [6.07, 6.45) is 0. The quantitative estimate of drug-likeness (QED) is 0.479. The van der Waals surface area contributed by atoms with E-state index in [1.807, 2.05) is 0 Å². The molecule has 80 valence electrons. The maximum atomic E-state index is 8.28. The van der Waals surface area contributed by atoms with Crippen LogP contribution in [-0.2, 0) is 6.54 Å². The Hall–Kier alpha value is -1.39. The van der Waals surface area contributed by atoms with Crippen molar-refractivity contribution in [2.45, 2.75) is 6.54 Å². The summed E-state index contributed by atoms with van der Waals surface area (Å²) in [6.45, 7) is 0.204. The maximum Gasteiger partial charge on any atom is 0.127 e. The Bertz CT molecular complexity index is 377. The van der Waals surface area contributed by atoms with Crippen LogP contribution in [0.5, 0.6) is 11.5 Å². The number of rotatable bonds is 4. The minimum atomic E-state index is 0.204. The van der Waals surface area contributed by atoms with Gasteiger partial charge in [-0.1, -0.05) is 21.0 Å². The molecule has 1 rings (SSSR count). The van der Waals surface area contributed by atoms with Gasteiger partial charge < -0.3 is 9.47 Å². The molecule has 1 aromatic carbocycles. The van der Waals surface area contributed by atoms with Crippen LogP contribution in [0.1, 0.15) is 5.56 Å². The van der Waals surface area contributed by atoms with E-state index < -0.39 is 0 Å². The van der Waals surface area contributed by atoms with Gasteiger partial charge in [-0.15, -0.1) is 0 Å². The van der Waals surface area contributed by atoms with E-state index in [1.54, 1.807) is 26.4 Å². The number of hydrogen-bond donors (Lipinski definition) is 0. The predicted molar refractivity (Wildman–Crippen MR) is 60.1 cm³/mol. The summed E-state index contributed by atoms with van der Waals surface area (Å²) in [6, 6.07) is 3.59. The highest BCUT2D eigenvalue weighted by Crippen LogP contribution is 2.33. The summed E-state index contributed by atoms with van der Waals surface area (Å²) in [4.78, 5) is 2.71. The smallest absolute Gasteiger partial charge is 0.127 e. The molecule has 0 bridgehead atoms. The Morgan fingerprint density at radius 2 is 1.87 bits per heavy atom. The fourth-order valence-electron chi connectivity index (χ4n) is 1.21. The molecule has 0 aliphatic heterocycles. The molecule has 0 aromatic heterocycles. The second-order valence-electron chi connectivity index (χ2n) is 2.68. The lowest BCUT2D eigenvalue weighted by molar-refractivity contribution is 0.385. The van der Waals surface area contributed by atoms with Crippen molar-refractivity contribution in [3.05, 3.63) is 32.6 Å². The van der Waals surface area contributed by atoms with Crippen LogP contribution in [0.3, 0.4) is 0 Å². The van der Waals surface area contributed by atoms with Gasteiger partial charge in [0.1, 0.15) is 11.5 Å². The molecule has 0 aliphatic carbocycles. The van der Waals surface area contributed by atoms with Gasteiger partial charge in [-0.3, -0.25) is 0 Å². The van der Waals surface area contributed by atoms with Crippen molar-refractivity contribution in [1.82, 2.24) is 0 Å². The molecule has 0 radical (unpaired) electrons. The van der Waals surface area contributed by atoms with Crippen LogP contribution >= 0.6 is 15.9 Å². The van der Waals surface area contributed by atoms with E-state index in [4.69, 9.17) is 15.0 Å². The fraction of sp³-hybridized carbons (Fsp3) is 0.333. The summed E-state index contributed by atoms with van der Waals surface area (Å²) in [5.41, 5.74) is 9.01. The third-order valence-electron chi connectivity index (χ3n) is 1.86. The molecule has 0 fully saturated rings. The molecule has 15 heavy (non-hydrogen) atoms. The van der Waals surface area contributed by atoms with Gasteiger partial charge in [0.25, 0.3) is 0 Å². The summed E-state index contributed by atoms with van der Waals surface area (Å²) in [7, 11) is 3.11. The number of halogens is 1. The largest absolute Gasteiger partial charge is 0.496 e. The molecule has 1 aromatic rings. The van der Waals surface area contributed by atoms with Crippen LogP contribution in [0.15, 0.2) is 21.7 Å². The van der Waals surface area contributed by atoms with Gasteiger partial charge in [-0.2, -0.15) is 0 Å². The maximum absolute atomic E-state index is 8.28. The second-order valence-corrected chi connectivity index (χ2v) is 3.59. The Morgan fingerprint density at radius 3 is 2.27 bits per heavy atom. The Labute approximate surface area is 95.8 Å². The number of methoxy groups -OCH3 is 2. The first-order valence-corrected chi connectivity index (χ1v) is 4.93. The van der Waals surface area contributed by atoms with E-state index in [9.17, 15) is 0 Å². The first-order valence-electron chi connectivity index (χ1n) is 4.14. The normalized spacial score (nSPS) is 9.27. The summed E-state index contributed by atoms with van der Waals surface area (Å²) >= 11 is 3.33. The highest BCUT2D eigenvalue weighted by Gasteiger charge is 2.10.